The third kappa shape index (κ3) is 3.15. The first kappa shape index (κ1) is 15.0. The molecule has 4 heteroatoms. The van der Waals surface area contributed by atoms with Crippen LogP contribution < -0.4 is 5.73 Å². The number of hydrogen-bond donors (Lipinski definition) is 1. The fourth-order valence-corrected chi connectivity index (χ4v) is 3.99. The Morgan fingerprint density at radius 1 is 1.24 bits per heavy atom. The van der Waals surface area contributed by atoms with Crippen molar-refractivity contribution in [3.05, 3.63) is 11.7 Å². The molecule has 4 nitrogen and oxygen atoms in total. The van der Waals surface area contributed by atoms with Gasteiger partial charge in [-0.15, -0.1) is 0 Å². The number of nitrogens with zero attached hydrogens (tertiary/aromatic N) is 2. The normalized spacial score (nSPS) is 37.6. The molecular formula is C17H29N3O. The van der Waals surface area contributed by atoms with Gasteiger partial charge in [0.25, 0.3) is 0 Å². The molecule has 21 heavy (non-hydrogen) atoms. The van der Waals surface area contributed by atoms with E-state index in [1.807, 2.05) is 0 Å². The van der Waals surface area contributed by atoms with Crippen molar-refractivity contribution >= 4 is 0 Å². The third-order valence-electron chi connectivity index (χ3n) is 5.76. The Kier molecular flexibility index (Phi) is 4.34. The van der Waals surface area contributed by atoms with E-state index in [0.717, 1.165) is 43.3 Å². The summed E-state index contributed by atoms with van der Waals surface area (Å²) >= 11 is 0. The van der Waals surface area contributed by atoms with Gasteiger partial charge in [0.1, 0.15) is 0 Å². The monoisotopic (exact) mass is 291 g/mol. The second-order valence-electron chi connectivity index (χ2n) is 7.43. The summed E-state index contributed by atoms with van der Waals surface area (Å²) in [6.07, 6.45) is 10.6. The van der Waals surface area contributed by atoms with E-state index in [0.29, 0.717) is 11.8 Å². The number of nitrogens with two attached hydrogens (primary N) is 1. The molecule has 0 aliphatic heterocycles. The summed E-state index contributed by atoms with van der Waals surface area (Å²) in [5.74, 6) is 3.67. The Hall–Kier alpha value is -0.900. The highest BCUT2D eigenvalue weighted by molar-refractivity contribution is 5.07. The van der Waals surface area contributed by atoms with Gasteiger partial charge in [-0.3, -0.25) is 0 Å². The largest absolute Gasteiger partial charge is 0.337 e. The number of aromatic nitrogens is 2. The van der Waals surface area contributed by atoms with E-state index in [4.69, 9.17) is 15.2 Å². The van der Waals surface area contributed by atoms with Crippen LogP contribution >= 0.6 is 0 Å². The molecule has 2 fully saturated rings. The molecule has 2 N–H and O–H groups in total. The zero-order valence-electron chi connectivity index (χ0n) is 13.5. The van der Waals surface area contributed by atoms with E-state index >= 15 is 0 Å². The molecule has 2 aliphatic rings. The molecule has 1 heterocycles. The lowest BCUT2D eigenvalue weighted by Crippen LogP contribution is -2.40. The maximum absolute atomic E-state index is 6.54. The van der Waals surface area contributed by atoms with Gasteiger partial charge < -0.3 is 10.3 Å². The van der Waals surface area contributed by atoms with Crippen LogP contribution in [-0.4, -0.2) is 10.1 Å². The molecule has 118 valence electrons. The summed E-state index contributed by atoms with van der Waals surface area (Å²) < 4.78 is 5.58. The van der Waals surface area contributed by atoms with Gasteiger partial charge in [0, 0.05) is 5.92 Å². The minimum Gasteiger partial charge on any atom is -0.337 e. The Morgan fingerprint density at radius 3 is 2.71 bits per heavy atom. The molecule has 2 aliphatic carbocycles. The molecule has 1 aromatic rings. The smallest absolute Gasteiger partial charge is 0.246 e. The maximum atomic E-state index is 6.54. The van der Waals surface area contributed by atoms with E-state index in [-0.39, 0.29) is 5.54 Å². The standard InChI is InChI=1S/C17H29N3O/c1-3-13-5-4-6-14(11-13)15-19-16(21-20-15)17(18)9-7-12(2)8-10-17/h12-14H,3-11,18H2,1-2H3. The summed E-state index contributed by atoms with van der Waals surface area (Å²) in [6.45, 7) is 4.58. The van der Waals surface area contributed by atoms with Crippen LogP contribution in [0.15, 0.2) is 4.52 Å². The molecule has 0 aromatic carbocycles. The summed E-state index contributed by atoms with van der Waals surface area (Å²) in [4.78, 5) is 4.72. The van der Waals surface area contributed by atoms with Crippen LogP contribution in [-0.2, 0) is 5.54 Å². The van der Waals surface area contributed by atoms with Crippen LogP contribution in [0.25, 0.3) is 0 Å². The molecule has 2 saturated carbocycles. The fraction of sp³-hybridized carbons (Fsp3) is 0.882. The lowest BCUT2D eigenvalue weighted by atomic mass is 9.77. The van der Waals surface area contributed by atoms with Crippen molar-refractivity contribution in [2.75, 3.05) is 0 Å². The van der Waals surface area contributed by atoms with Gasteiger partial charge in [-0.2, -0.15) is 4.98 Å². The Bertz CT molecular complexity index is 462. The van der Waals surface area contributed by atoms with Crippen molar-refractivity contribution in [3.8, 4) is 0 Å². The van der Waals surface area contributed by atoms with Crippen molar-refractivity contribution in [1.29, 1.82) is 0 Å². The molecule has 1 aromatic heterocycles. The third-order valence-corrected chi connectivity index (χ3v) is 5.76. The van der Waals surface area contributed by atoms with Crippen LogP contribution in [0.4, 0.5) is 0 Å². The van der Waals surface area contributed by atoms with E-state index in [1.54, 1.807) is 0 Å². The molecule has 0 bridgehead atoms. The summed E-state index contributed by atoms with van der Waals surface area (Å²) in [5, 5.41) is 4.28. The average molecular weight is 291 g/mol. The molecule has 2 atom stereocenters. The first-order chi connectivity index (χ1) is 10.1. The first-order valence-corrected chi connectivity index (χ1v) is 8.73. The van der Waals surface area contributed by atoms with Crippen molar-refractivity contribution < 1.29 is 4.52 Å². The molecule has 0 radical (unpaired) electrons. The molecular weight excluding hydrogens is 262 g/mol. The molecule has 3 rings (SSSR count). The maximum Gasteiger partial charge on any atom is 0.246 e. The van der Waals surface area contributed by atoms with E-state index in [2.05, 4.69) is 19.0 Å². The van der Waals surface area contributed by atoms with Gasteiger partial charge in [0.2, 0.25) is 5.89 Å². The highest BCUT2D eigenvalue weighted by atomic mass is 16.5. The summed E-state index contributed by atoms with van der Waals surface area (Å²) in [5.41, 5.74) is 6.16. The lowest BCUT2D eigenvalue weighted by molar-refractivity contribution is 0.190. The SMILES string of the molecule is CCC1CCCC(c2noc(C3(N)CCC(C)CC3)n2)C1. The predicted octanol–water partition coefficient (Wildman–Crippen LogP) is 4.12. The average Bonchev–Trinajstić information content (AvgIpc) is 3.01. The summed E-state index contributed by atoms with van der Waals surface area (Å²) in [7, 11) is 0. The van der Waals surface area contributed by atoms with Crippen molar-refractivity contribution in [1.82, 2.24) is 10.1 Å². The Labute approximate surface area is 127 Å². The highest BCUT2D eigenvalue weighted by Crippen LogP contribution is 2.39. The van der Waals surface area contributed by atoms with E-state index in [1.165, 1.54) is 32.1 Å². The quantitative estimate of drug-likeness (QED) is 0.910. The predicted molar refractivity (Wildman–Crippen MR) is 82.8 cm³/mol. The lowest BCUT2D eigenvalue weighted by Gasteiger charge is -2.32. The van der Waals surface area contributed by atoms with Crippen LogP contribution in [0.3, 0.4) is 0 Å². The first-order valence-electron chi connectivity index (χ1n) is 8.73. The van der Waals surface area contributed by atoms with E-state index < -0.39 is 0 Å². The number of hydrogen-bond acceptors (Lipinski definition) is 4. The molecule has 0 amide bonds. The van der Waals surface area contributed by atoms with Crippen LogP contribution in [0.1, 0.15) is 89.3 Å². The van der Waals surface area contributed by atoms with Gasteiger partial charge in [0.05, 0.1) is 5.54 Å². The second kappa shape index (κ2) is 6.07. The highest BCUT2D eigenvalue weighted by Gasteiger charge is 2.38. The van der Waals surface area contributed by atoms with Crippen LogP contribution in [0.2, 0.25) is 0 Å². The minimum atomic E-state index is -0.378. The molecule has 0 spiro atoms. The van der Waals surface area contributed by atoms with Gasteiger partial charge in [-0.05, 0) is 50.4 Å². The Balaban J connectivity index is 1.71. The topological polar surface area (TPSA) is 64.9 Å². The van der Waals surface area contributed by atoms with Gasteiger partial charge in [0.15, 0.2) is 5.82 Å². The molecule has 0 saturated heterocycles. The van der Waals surface area contributed by atoms with Crippen molar-refractivity contribution in [2.45, 2.75) is 83.1 Å². The van der Waals surface area contributed by atoms with Gasteiger partial charge >= 0.3 is 0 Å². The van der Waals surface area contributed by atoms with Crippen molar-refractivity contribution in [3.63, 3.8) is 0 Å². The van der Waals surface area contributed by atoms with Crippen molar-refractivity contribution in [2.24, 2.45) is 17.6 Å². The fourth-order valence-electron chi connectivity index (χ4n) is 3.99. The van der Waals surface area contributed by atoms with Crippen LogP contribution in [0, 0.1) is 11.8 Å². The Morgan fingerprint density at radius 2 is 2.00 bits per heavy atom. The van der Waals surface area contributed by atoms with Gasteiger partial charge in [-0.25, -0.2) is 0 Å². The van der Waals surface area contributed by atoms with Gasteiger partial charge in [-0.1, -0.05) is 38.3 Å². The second-order valence-corrected chi connectivity index (χ2v) is 7.43. The zero-order chi connectivity index (χ0) is 14.9. The number of rotatable bonds is 3. The molecule has 2 unspecified atom stereocenters. The minimum absolute atomic E-state index is 0.378. The zero-order valence-corrected chi connectivity index (χ0v) is 13.5. The van der Waals surface area contributed by atoms with Crippen LogP contribution in [0.5, 0.6) is 0 Å². The summed E-state index contributed by atoms with van der Waals surface area (Å²) in [6, 6.07) is 0. The van der Waals surface area contributed by atoms with E-state index in [9.17, 15) is 0 Å².